The molecule has 0 aromatic heterocycles. The van der Waals surface area contributed by atoms with Gasteiger partial charge in [0.15, 0.2) is 0 Å². The molecule has 1 amide bonds. The summed E-state index contributed by atoms with van der Waals surface area (Å²) in [5.74, 6) is -0.0271. The molecule has 4 nitrogen and oxygen atoms in total. The van der Waals surface area contributed by atoms with E-state index in [4.69, 9.17) is 5.26 Å². The lowest BCUT2D eigenvalue weighted by molar-refractivity contribution is -0.122. The number of amides is 1. The minimum absolute atomic E-state index is 0.0271. The van der Waals surface area contributed by atoms with Crippen molar-refractivity contribution in [3.63, 3.8) is 0 Å². The molecule has 2 unspecified atom stereocenters. The summed E-state index contributed by atoms with van der Waals surface area (Å²) in [5, 5.41) is 15.0. The second-order valence-corrected chi connectivity index (χ2v) is 4.50. The molecule has 4 heteroatoms. The second kappa shape index (κ2) is 8.28. The van der Waals surface area contributed by atoms with Crippen molar-refractivity contribution in [2.75, 3.05) is 6.54 Å². The summed E-state index contributed by atoms with van der Waals surface area (Å²) in [6.45, 7) is 4.51. The fourth-order valence-corrected chi connectivity index (χ4v) is 1.83. The van der Waals surface area contributed by atoms with Gasteiger partial charge in [-0.05, 0) is 18.9 Å². The molecule has 0 heterocycles. The quantitative estimate of drug-likeness (QED) is 0.788. The van der Waals surface area contributed by atoms with Gasteiger partial charge in [-0.1, -0.05) is 37.3 Å². The maximum absolute atomic E-state index is 11.8. The first-order valence-electron chi connectivity index (χ1n) is 6.64. The van der Waals surface area contributed by atoms with Gasteiger partial charge in [-0.3, -0.25) is 10.1 Å². The van der Waals surface area contributed by atoms with Crippen LogP contribution in [0.4, 0.5) is 0 Å². The molecule has 2 N–H and O–H groups in total. The number of nitriles is 1. The lowest BCUT2D eigenvalue weighted by Gasteiger charge is -2.21. The average Bonchev–Trinajstić information content (AvgIpc) is 2.45. The topological polar surface area (TPSA) is 64.9 Å². The lowest BCUT2D eigenvalue weighted by Crippen LogP contribution is -2.43. The Balaban J connectivity index is 2.64. The lowest BCUT2D eigenvalue weighted by atomic mass is 10.0. The molecule has 0 bridgehead atoms. The zero-order valence-corrected chi connectivity index (χ0v) is 11.5. The van der Waals surface area contributed by atoms with Crippen molar-refractivity contribution in [1.82, 2.24) is 10.6 Å². The molecule has 0 spiro atoms. The highest BCUT2D eigenvalue weighted by atomic mass is 16.2. The predicted molar refractivity (Wildman–Crippen MR) is 75.3 cm³/mol. The zero-order chi connectivity index (χ0) is 14.1. The van der Waals surface area contributed by atoms with E-state index < -0.39 is 0 Å². The number of nitrogens with one attached hydrogen (secondary N) is 2. The van der Waals surface area contributed by atoms with Crippen molar-refractivity contribution in [3.8, 4) is 6.07 Å². The van der Waals surface area contributed by atoms with Crippen LogP contribution in [0.3, 0.4) is 0 Å². The first-order chi connectivity index (χ1) is 9.19. The Morgan fingerprint density at radius 3 is 2.63 bits per heavy atom. The molecule has 0 saturated carbocycles. The highest BCUT2D eigenvalue weighted by Gasteiger charge is 2.18. The van der Waals surface area contributed by atoms with Gasteiger partial charge >= 0.3 is 0 Å². The molecule has 2 atom stereocenters. The van der Waals surface area contributed by atoms with Crippen LogP contribution < -0.4 is 10.6 Å². The SMILES string of the molecule is CCCNC(=O)C(C)NC(CC#N)c1ccccc1. The molecule has 1 rings (SSSR count). The molecule has 102 valence electrons. The third-order valence-electron chi connectivity index (χ3n) is 2.89. The van der Waals surface area contributed by atoms with Gasteiger partial charge in [-0.15, -0.1) is 0 Å². The van der Waals surface area contributed by atoms with Crippen LogP contribution in [0.15, 0.2) is 30.3 Å². The standard InChI is InChI=1S/C15H21N3O/c1-3-11-17-15(19)12(2)18-14(9-10-16)13-7-5-4-6-8-13/h4-8,12,14,18H,3,9,11H2,1-2H3,(H,17,19). The maximum atomic E-state index is 11.8. The van der Waals surface area contributed by atoms with E-state index in [1.807, 2.05) is 44.2 Å². The van der Waals surface area contributed by atoms with Gasteiger partial charge in [0.1, 0.15) is 0 Å². The number of benzene rings is 1. The van der Waals surface area contributed by atoms with Gasteiger partial charge in [0.05, 0.1) is 18.5 Å². The summed E-state index contributed by atoms with van der Waals surface area (Å²) >= 11 is 0. The minimum atomic E-state index is -0.315. The summed E-state index contributed by atoms with van der Waals surface area (Å²) in [5.41, 5.74) is 1.03. The second-order valence-electron chi connectivity index (χ2n) is 4.50. The number of nitrogens with zero attached hydrogens (tertiary/aromatic N) is 1. The maximum Gasteiger partial charge on any atom is 0.236 e. The van der Waals surface area contributed by atoms with Crippen LogP contribution in [0.25, 0.3) is 0 Å². The minimum Gasteiger partial charge on any atom is -0.355 e. The van der Waals surface area contributed by atoms with Crippen LogP contribution in [-0.2, 0) is 4.79 Å². The van der Waals surface area contributed by atoms with Crippen LogP contribution >= 0.6 is 0 Å². The monoisotopic (exact) mass is 259 g/mol. The highest BCUT2D eigenvalue weighted by Crippen LogP contribution is 2.16. The summed E-state index contributed by atoms with van der Waals surface area (Å²) in [6, 6.07) is 11.5. The number of carbonyl (C=O) groups is 1. The number of hydrogen-bond donors (Lipinski definition) is 2. The first kappa shape index (κ1) is 15.2. The fourth-order valence-electron chi connectivity index (χ4n) is 1.83. The van der Waals surface area contributed by atoms with Crippen molar-refractivity contribution < 1.29 is 4.79 Å². The molecule has 0 aliphatic heterocycles. The Kier molecular flexibility index (Phi) is 6.62. The van der Waals surface area contributed by atoms with Gasteiger partial charge in [0, 0.05) is 12.6 Å². The Bertz CT molecular complexity index is 425. The average molecular weight is 259 g/mol. The third-order valence-corrected chi connectivity index (χ3v) is 2.89. The van der Waals surface area contributed by atoms with E-state index in [0.717, 1.165) is 12.0 Å². The van der Waals surface area contributed by atoms with Crippen molar-refractivity contribution in [3.05, 3.63) is 35.9 Å². The number of hydrogen-bond acceptors (Lipinski definition) is 3. The van der Waals surface area contributed by atoms with E-state index in [0.29, 0.717) is 13.0 Å². The van der Waals surface area contributed by atoms with Gasteiger partial charge in [0.25, 0.3) is 0 Å². The largest absolute Gasteiger partial charge is 0.355 e. The fraction of sp³-hybridized carbons (Fsp3) is 0.467. The van der Waals surface area contributed by atoms with E-state index in [1.54, 1.807) is 0 Å². The first-order valence-corrected chi connectivity index (χ1v) is 6.64. The van der Waals surface area contributed by atoms with Crippen LogP contribution in [0.1, 0.15) is 38.3 Å². The number of carbonyl (C=O) groups excluding carboxylic acids is 1. The van der Waals surface area contributed by atoms with Gasteiger partial charge in [-0.2, -0.15) is 5.26 Å². The van der Waals surface area contributed by atoms with E-state index in [2.05, 4.69) is 16.7 Å². The third kappa shape index (κ3) is 5.11. The molecule has 0 aliphatic carbocycles. The summed E-state index contributed by atoms with van der Waals surface area (Å²) < 4.78 is 0. The molecule has 0 fully saturated rings. The van der Waals surface area contributed by atoms with Crippen molar-refractivity contribution in [2.24, 2.45) is 0 Å². The Labute approximate surface area is 114 Å². The Hall–Kier alpha value is -1.86. The van der Waals surface area contributed by atoms with Crippen LogP contribution in [0.2, 0.25) is 0 Å². The van der Waals surface area contributed by atoms with Gasteiger partial charge < -0.3 is 5.32 Å². The molecular formula is C15H21N3O. The van der Waals surface area contributed by atoms with Crippen molar-refractivity contribution in [2.45, 2.75) is 38.8 Å². The van der Waals surface area contributed by atoms with Crippen molar-refractivity contribution in [1.29, 1.82) is 5.26 Å². The normalized spacial score (nSPS) is 13.3. The van der Waals surface area contributed by atoms with E-state index >= 15 is 0 Å². The van der Waals surface area contributed by atoms with Crippen LogP contribution in [0.5, 0.6) is 0 Å². The molecule has 19 heavy (non-hydrogen) atoms. The van der Waals surface area contributed by atoms with E-state index in [1.165, 1.54) is 0 Å². The smallest absolute Gasteiger partial charge is 0.236 e. The molecule has 0 saturated heterocycles. The van der Waals surface area contributed by atoms with E-state index in [9.17, 15) is 4.79 Å². The van der Waals surface area contributed by atoms with Crippen molar-refractivity contribution >= 4 is 5.91 Å². The van der Waals surface area contributed by atoms with Crippen LogP contribution in [0, 0.1) is 11.3 Å². The van der Waals surface area contributed by atoms with Crippen LogP contribution in [-0.4, -0.2) is 18.5 Å². The molecule has 0 radical (unpaired) electrons. The highest BCUT2D eigenvalue weighted by molar-refractivity contribution is 5.81. The summed E-state index contributed by atoms with van der Waals surface area (Å²) in [7, 11) is 0. The molecule has 0 aliphatic rings. The van der Waals surface area contributed by atoms with Gasteiger partial charge in [-0.25, -0.2) is 0 Å². The molecule has 1 aromatic carbocycles. The van der Waals surface area contributed by atoms with E-state index in [-0.39, 0.29) is 18.0 Å². The summed E-state index contributed by atoms with van der Waals surface area (Å²) in [4.78, 5) is 11.8. The zero-order valence-electron chi connectivity index (χ0n) is 11.5. The summed E-state index contributed by atoms with van der Waals surface area (Å²) in [6.07, 6.45) is 1.26. The molecular weight excluding hydrogens is 238 g/mol. The van der Waals surface area contributed by atoms with Gasteiger partial charge in [0.2, 0.25) is 5.91 Å². The molecule has 1 aromatic rings. The predicted octanol–water partition coefficient (Wildman–Crippen LogP) is 2.15. The Morgan fingerprint density at radius 1 is 1.37 bits per heavy atom. The number of rotatable bonds is 7. The Morgan fingerprint density at radius 2 is 2.05 bits per heavy atom.